The summed E-state index contributed by atoms with van der Waals surface area (Å²) in [6.07, 6.45) is 9.89. The first-order chi connectivity index (χ1) is 10.2. The van der Waals surface area contributed by atoms with Gasteiger partial charge in [-0.3, -0.25) is 5.32 Å². The Kier molecular flexibility index (Phi) is 6.51. The lowest BCUT2D eigenvalue weighted by atomic mass is 9.85. The molecule has 2 rings (SSSR count). The maximum Gasteiger partial charge on any atom is 0.109 e. The predicted molar refractivity (Wildman–Crippen MR) is 88.1 cm³/mol. The first-order valence-corrected chi connectivity index (χ1v) is 9.12. The van der Waals surface area contributed by atoms with Crippen LogP contribution >= 0.6 is 0 Å². The highest BCUT2D eigenvalue weighted by Crippen LogP contribution is 2.38. The summed E-state index contributed by atoms with van der Waals surface area (Å²) in [6, 6.07) is 2.64. The van der Waals surface area contributed by atoms with E-state index in [0.717, 1.165) is 25.3 Å². The lowest BCUT2D eigenvalue weighted by molar-refractivity contribution is 0.154. The van der Waals surface area contributed by atoms with Crippen LogP contribution in [-0.4, -0.2) is 36.6 Å². The number of piperidine rings is 1. The van der Waals surface area contributed by atoms with E-state index in [1.54, 1.807) is 0 Å². The van der Waals surface area contributed by atoms with Crippen LogP contribution in [0, 0.1) is 23.2 Å². The largest absolute Gasteiger partial charge is 0.303 e. The summed E-state index contributed by atoms with van der Waals surface area (Å²) in [5, 5.41) is 13.3. The highest BCUT2D eigenvalue weighted by molar-refractivity contribution is 5.14. The van der Waals surface area contributed by atoms with Crippen molar-refractivity contribution in [1.29, 1.82) is 5.26 Å². The molecule has 0 spiro atoms. The zero-order valence-electron chi connectivity index (χ0n) is 14.0. The van der Waals surface area contributed by atoms with Crippen LogP contribution in [0.2, 0.25) is 0 Å². The van der Waals surface area contributed by atoms with E-state index < -0.39 is 0 Å². The van der Waals surface area contributed by atoms with Crippen molar-refractivity contribution in [3.8, 4) is 6.07 Å². The molecule has 2 aliphatic rings. The quantitative estimate of drug-likeness (QED) is 0.779. The van der Waals surface area contributed by atoms with Gasteiger partial charge in [0.1, 0.15) is 5.54 Å². The summed E-state index contributed by atoms with van der Waals surface area (Å²) in [4.78, 5) is 2.65. The number of nitriles is 1. The van der Waals surface area contributed by atoms with Crippen molar-refractivity contribution in [2.24, 2.45) is 11.8 Å². The normalized spacial score (nSPS) is 34.0. The number of nitrogens with one attached hydrogen (secondary N) is 1. The number of likely N-dealkylation sites (tertiary alicyclic amines) is 1. The van der Waals surface area contributed by atoms with Crippen molar-refractivity contribution in [2.75, 3.05) is 26.2 Å². The number of hydrogen-bond donors (Lipinski definition) is 1. The smallest absolute Gasteiger partial charge is 0.109 e. The lowest BCUT2D eigenvalue weighted by Crippen LogP contribution is -2.48. The Labute approximate surface area is 131 Å². The van der Waals surface area contributed by atoms with Crippen LogP contribution in [0.5, 0.6) is 0 Å². The molecule has 21 heavy (non-hydrogen) atoms. The van der Waals surface area contributed by atoms with Crippen molar-refractivity contribution in [3.63, 3.8) is 0 Å². The van der Waals surface area contributed by atoms with Gasteiger partial charge in [0.05, 0.1) is 6.07 Å². The zero-order chi connectivity index (χ0) is 15.1. The molecule has 0 aromatic rings. The minimum atomic E-state index is -0.226. The van der Waals surface area contributed by atoms with Crippen LogP contribution in [0.15, 0.2) is 0 Å². The molecule has 1 aliphatic heterocycles. The van der Waals surface area contributed by atoms with Crippen LogP contribution in [-0.2, 0) is 0 Å². The highest BCUT2D eigenvalue weighted by Gasteiger charge is 2.42. The molecule has 120 valence electrons. The average molecular weight is 291 g/mol. The summed E-state index contributed by atoms with van der Waals surface area (Å²) in [5.74, 6) is 1.46. The van der Waals surface area contributed by atoms with E-state index in [1.807, 2.05) is 0 Å². The van der Waals surface area contributed by atoms with E-state index in [1.165, 1.54) is 58.2 Å². The van der Waals surface area contributed by atoms with Gasteiger partial charge in [-0.2, -0.15) is 5.26 Å². The fraction of sp³-hybridized carbons (Fsp3) is 0.944. The van der Waals surface area contributed by atoms with E-state index in [4.69, 9.17) is 0 Å². The maximum absolute atomic E-state index is 9.70. The Hall–Kier alpha value is -0.590. The fourth-order valence-electron chi connectivity index (χ4n) is 4.26. The fourth-order valence-corrected chi connectivity index (χ4v) is 4.26. The van der Waals surface area contributed by atoms with Gasteiger partial charge in [0.15, 0.2) is 0 Å². The summed E-state index contributed by atoms with van der Waals surface area (Å²) < 4.78 is 0. The average Bonchev–Trinajstić information content (AvgIpc) is 2.94. The van der Waals surface area contributed by atoms with Gasteiger partial charge in [-0.15, -0.1) is 0 Å². The SMILES string of the molecule is CCCNC1(C#N)CCCC1CCN1CCCC(CC)C1. The van der Waals surface area contributed by atoms with E-state index in [0.29, 0.717) is 5.92 Å². The van der Waals surface area contributed by atoms with Gasteiger partial charge in [-0.1, -0.05) is 26.7 Å². The van der Waals surface area contributed by atoms with E-state index >= 15 is 0 Å². The molecule has 3 unspecified atom stereocenters. The van der Waals surface area contributed by atoms with Crippen LogP contribution in [0.1, 0.15) is 65.2 Å². The van der Waals surface area contributed by atoms with Crippen LogP contribution in [0.4, 0.5) is 0 Å². The third-order valence-electron chi connectivity index (χ3n) is 5.68. The second-order valence-electron chi connectivity index (χ2n) is 7.10. The molecule has 1 heterocycles. The van der Waals surface area contributed by atoms with Crippen LogP contribution in [0.25, 0.3) is 0 Å². The Bertz CT molecular complexity index is 349. The summed E-state index contributed by atoms with van der Waals surface area (Å²) in [6.45, 7) is 9.22. The van der Waals surface area contributed by atoms with E-state index in [9.17, 15) is 5.26 Å². The molecule has 3 nitrogen and oxygen atoms in total. The number of hydrogen-bond acceptors (Lipinski definition) is 3. The van der Waals surface area contributed by atoms with Crippen molar-refractivity contribution < 1.29 is 0 Å². The van der Waals surface area contributed by atoms with Gasteiger partial charge in [0.2, 0.25) is 0 Å². The molecule has 0 amide bonds. The molecule has 1 saturated carbocycles. The number of rotatable bonds is 7. The summed E-state index contributed by atoms with van der Waals surface area (Å²) >= 11 is 0. The first-order valence-electron chi connectivity index (χ1n) is 9.12. The Morgan fingerprint density at radius 2 is 2.14 bits per heavy atom. The summed E-state index contributed by atoms with van der Waals surface area (Å²) in [7, 11) is 0. The minimum absolute atomic E-state index is 0.226. The van der Waals surface area contributed by atoms with E-state index in [-0.39, 0.29) is 5.54 Å². The molecule has 3 heteroatoms. The molecule has 2 fully saturated rings. The second kappa shape index (κ2) is 8.15. The minimum Gasteiger partial charge on any atom is -0.303 e. The zero-order valence-corrected chi connectivity index (χ0v) is 14.0. The summed E-state index contributed by atoms with van der Waals surface area (Å²) in [5.41, 5.74) is -0.226. The molecule has 1 N–H and O–H groups in total. The van der Waals surface area contributed by atoms with Gasteiger partial charge >= 0.3 is 0 Å². The van der Waals surface area contributed by atoms with Crippen molar-refractivity contribution in [1.82, 2.24) is 10.2 Å². The second-order valence-corrected chi connectivity index (χ2v) is 7.10. The van der Waals surface area contributed by atoms with Crippen LogP contribution < -0.4 is 5.32 Å². The Morgan fingerprint density at radius 3 is 2.86 bits per heavy atom. The van der Waals surface area contributed by atoms with Crippen molar-refractivity contribution in [3.05, 3.63) is 0 Å². The predicted octanol–water partition coefficient (Wildman–Crippen LogP) is 3.56. The highest BCUT2D eigenvalue weighted by atomic mass is 15.1. The molecule has 1 aliphatic carbocycles. The molecule has 0 aromatic carbocycles. The monoisotopic (exact) mass is 291 g/mol. The topological polar surface area (TPSA) is 39.1 Å². The van der Waals surface area contributed by atoms with Gasteiger partial charge in [-0.25, -0.2) is 0 Å². The lowest BCUT2D eigenvalue weighted by Gasteiger charge is -2.35. The standard InChI is InChI=1S/C18H33N3/c1-3-11-20-18(15-19)10-5-8-17(18)9-13-21-12-6-7-16(4-2)14-21/h16-17,20H,3-14H2,1-2H3. The van der Waals surface area contributed by atoms with Crippen molar-refractivity contribution in [2.45, 2.75) is 70.8 Å². The van der Waals surface area contributed by atoms with E-state index in [2.05, 4.69) is 30.1 Å². The molecule has 0 bridgehead atoms. The maximum atomic E-state index is 9.70. The van der Waals surface area contributed by atoms with Gasteiger partial charge in [0, 0.05) is 6.54 Å². The third-order valence-corrected chi connectivity index (χ3v) is 5.68. The molecule has 1 saturated heterocycles. The van der Waals surface area contributed by atoms with Gasteiger partial charge < -0.3 is 4.90 Å². The Balaban J connectivity index is 1.85. The molecular weight excluding hydrogens is 258 g/mol. The molecular formula is C18H33N3. The molecule has 0 radical (unpaired) electrons. The first kappa shape index (κ1) is 16.8. The number of nitrogens with zero attached hydrogens (tertiary/aromatic N) is 2. The van der Waals surface area contributed by atoms with Gasteiger partial charge in [0.25, 0.3) is 0 Å². The third kappa shape index (κ3) is 4.20. The molecule has 0 aromatic heterocycles. The van der Waals surface area contributed by atoms with Crippen molar-refractivity contribution >= 4 is 0 Å². The Morgan fingerprint density at radius 1 is 1.29 bits per heavy atom. The van der Waals surface area contributed by atoms with Crippen LogP contribution in [0.3, 0.4) is 0 Å². The van der Waals surface area contributed by atoms with Gasteiger partial charge in [-0.05, 0) is 70.0 Å². The molecule has 3 atom stereocenters.